The fourth-order valence-corrected chi connectivity index (χ4v) is 2.07. The summed E-state index contributed by atoms with van der Waals surface area (Å²) in [7, 11) is 1.65. The van der Waals surface area contributed by atoms with E-state index in [9.17, 15) is 9.59 Å². The molecule has 0 fully saturated rings. The molecule has 1 aliphatic rings. The molecule has 3 nitrogen and oxygen atoms in total. The Morgan fingerprint density at radius 1 is 1.50 bits per heavy atom. The first-order valence-corrected chi connectivity index (χ1v) is 5.86. The summed E-state index contributed by atoms with van der Waals surface area (Å²) in [4.78, 5) is 22.0. The Morgan fingerprint density at radius 2 is 2.25 bits per heavy atom. The van der Waals surface area contributed by atoms with Crippen LogP contribution in [0.1, 0.15) is 39.0 Å². The Morgan fingerprint density at radius 3 is 2.88 bits per heavy atom. The van der Waals surface area contributed by atoms with Gasteiger partial charge in [-0.05, 0) is 25.8 Å². The number of carbonyl (C=O) groups excluding carboxylic acids is 2. The molecule has 3 heteroatoms. The minimum absolute atomic E-state index is 0.0230. The molecule has 1 rings (SSSR count). The molecule has 0 aromatic carbocycles. The zero-order valence-corrected chi connectivity index (χ0v) is 10.1. The number of carbonyl (C=O) groups is 2. The van der Waals surface area contributed by atoms with E-state index in [1.165, 1.54) is 0 Å². The van der Waals surface area contributed by atoms with E-state index in [1.807, 2.05) is 6.08 Å². The van der Waals surface area contributed by atoms with Gasteiger partial charge in [0.25, 0.3) is 0 Å². The molecule has 0 aromatic heterocycles. The summed E-state index contributed by atoms with van der Waals surface area (Å²) in [5, 5.41) is 0. The largest absolute Gasteiger partial charge is 0.380 e. The molecule has 0 bridgehead atoms. The van der Waals surface area contributed by atoms with Crippen molar-refractivity contribution in [1.82, 2.24) is 0 Å². The fraction of sp³-hybridized carbons (Fsp3) is 0.692. The van der Waals surface area contributed by atoms with Crippen molar-refractivity contribution in [3.8, 4) is 0 Å². The molecule has 2 atom stereocenters. The first-order valence-electron chi connectivity index (χ1n) is 5.86. The Hall–Kier alpha value is -0.960. The van der Waals surface area contributed by atoms with Crippen LogP contribution in [0.4, 0.5) is 0 Å². The number of unbranched alkanes of at least 4 members (excludes halogenated alkanes) is 1. The van der Waals surface area contributed by atoms with Crippen LogP contribution in [0.5, 0.6) is 0 Å². The van der Waals surface area contributed by atoms with Crippen molar-refractivity contribution in [3.05, 3.63) is 12.2 Å². The van der Waals surface area contributed by atoms with Crippen molar-refractivity contribution in [2.24, 2.45) is 5.92 Å². The van der Waals surface area contributed by atoms with E-state index < -0.39 is 0 Å². The van der Waals surface area contributed by atoms with E-state index in [2.05, 4.69) is 0 Å². The Bertz CT molecular complexity index is 281. The predicted molar refractivity (Wildman–Crippen MR) is 62.2 cm³/mol. The number of ketones is 2. The van der Waals surface area contributed by atoms with Crippen LogP contribution < -0.4 is 0 Å². The van der Waals surface area contributed by atoms with Gasteiger partial charge in [-0.3, -0.25) is 4.79 Å². The highest BCUT2D eigenvalue weighted by molar-refractivity contribution is 5.91. The van der Waals surface area contributed by atoms with E-state index in [1.54, 1.807) is 20.1 Å². The maximum Gasteiger partial charge on any atom is 0.157 e. The van der Waals surface area contributed by atoms with Crippen LogP contribution in [0.15, 0.2) is 12.2 Å². The zero-order chi connectivity index (χ0) is 12.0. The van der Waals surface area contributed by atoms with Crippen LogP contribution in [0, 0.1) is 5.92 Å². The van der Waals surface area contributed by atoms with Gasteiger partial charge in [0, 0.05) is 25.9 Å². The standard InChI is InChI=1S/C13H20O3/c1-10(14)5-3-4-6-11-7-8-12(15)9-13(11)16-2/h7-8,11,13H,3-6,9H2,1-2H3/t11-,13-/m0/s1. The highest BCUT2D eigenvalue weighted by Crippen LogP contribution is 2.24. The predicted octanol–water partition coefficient (Wildman–Crippen LogP) is 2.30. The van der Waals surface area contributed by atoms with Gasteiger partial charge in [0.1, 0.15) is 5.78 Å². The van der Waals surface area contributed by atoms with Gasteiger partial charge in [0.2, 0.25) is 0 Å². The maximum absolute atomic E-state index is 11.2. The van der Waals surface area contributed by atoms with Crippen molar-refractivity contribution in [1.29, 1.82) is 0 Å². The second kappa shape index (κ2) is 6.59. The molecule has 0 saturated carbocycles. The maximum atomic E-state index is 11.2. The highest BCUT2D eigenvalue weighted by Gasteiger charge is 2.24. The van der Waals surface area contributed by atoms with Crippen LogP contribution in [-0.2, 0) is 14.3 Å². The molecule has 0 radical (unpaired) electrons. The normalized spacial score (nSPS) is 24.8. The van der Waals surface area contributed by atoms with E-state index >= 15 is 0 Å². The molecule has 0 spiro atoms. The van der Waals surface area contributed by atoms with Crippen LogP contribution >= 0.6 is 0 Å². The lowest BCUT2D eigenvalue weighted by atomic mass is 9.87. The summed E-state index contributed by atoms with van der Waals surface area (Å²) < 4.78 is 5.31. The third-order valence-corrected chi connectivity index (χ3v) is 3.03. The number of hydrogen-bond donors (Lipinski definition) is 0. The summed E-state index contributed by atoms with van der Waals surface area (Å²) >= 11 is 0. The average molecular weight is 224 g/mol. The second-order valence-corrected chi connectivity index (χ2v) is 4.42. The summed E-state index contributed by atoms with van der Waals surface area (Å²) in [5.74, 6) is 0.721. The van der Waals surface area contributed by atoms with Crippen molar-refractivity contribution in [2.45, 2.75) is 45.1 Å². The smallest absolute Gasteiger partial charge is 0.157 e. The number of Topliss-reactive ketones (excluding diaryl/α,β-unsaturated/α-hetero) is 1. The molecule has 0 aromatic rings. The number of rotatable bonds is 6. The summed E-state index contributed by atoms with van der Waals surface area (Å²) in [6, 6.07) is 0. The first-order chi connectivity index (χ1) is 7.63. The molecule has 16 heavy (non-hydrogen) atoms. The van der Waals surface area contributed by atoms with Gasteiger partial charge in [-0.15, -0.1) is 0 Å². The minimum Gasteiger partial charge on any atom is -0.380 e. The third kappa shape index (κ3) is 4.27. The van der Waals surface area contributed by atoms with Crippen LogP contribution in [0.2, 0.25) is 0 Å². The molecule has 90 valence electrons. The lowest BCUT2D eigenvalue weighted by Crippen LogP contribution is -2.27. The quantitative estimate of drug-likeness (QED) is 0.650. The Balaban J connectivity index is 2.31. The van der Waals surface area contributed by atoms with Crippen LogP contribution in [0.25, 0.3) is 0 Å². The summed E-state index contributed by atoms with van der Waals surface area (Å²) in [5.41, 5.74) is 0. The van der Waals surface area contributed by atoms with Crippen molar-refractivity contribution < 1.29 is 14.3 Å². The number of allylic oxidation sites excluding steroid dienone is 1. The average Bonchev–Trinajstić information content (AvgIpc) is 2.25. The van der Waals surface area contributed by atoms with Gasteiger partial charge in [0.15, 0.2) is 5.78 Å². The minimum atomic E-state index is 0.0230. The van der Waals surface area contributed by atoms with Crippen molar-refractivity contribution in [3.63, 3.8) is 0 Å². The Labute approximate surface area is 96.9 Å². The van der Waals surface area contributed by atoms with E-state index in [0.29, 0.717) is 18.8 Å². The van der Waals surface area contributed by atoms with Gasteiger partial charge < -0.3 is 9.53 Å². The zero-order valence-electron chi connectivity index (χ0n) is 10.1. The van der Waals surface area contributed by atoms with Gasteiger partial charge in [0.05, 0.1) is 6.10 Å². The second-order valence-electron chi connectivity index (χ2n) is 4.42. The lowest BCUT2D eigenvalue weighted by molar-refractivity contribution is -0.118. The fourth-order valence-electron chi connectivity index (χ4n) is 2.07. The van der Waals surface area contributed by atoms with E-state index in [4.69, 9.17) is 4.74 Å². The molecule has 1 aliphatic carbocycles. The SMILES string of the molecule is CO[C@H]1CC(=O)C=C[C@@H]1CCCCC(C)=O. The molecule has 0 amide bonds. The molecule has 0 saturated heterocycles. The lowest BCUT2D eigenvalue weighted by Gasteiger charge is -2.25. The van der Waals surface area contributed by atoms with Gasteiger partial charge in [-0.25, -0.2) is 0 Å². The topological polar surface area (TPSA) is 43.4 Å². The molecule has 0 N–H and O–H groups in total. The summed E-state index contributed by atoms with van der Waals surface area (Å²) in [6.07, 6.45) is 7.73. The number of methoxy groups -OCH3 is 1. The third-order valence-electron chi connectivity index (χ3n) is 3.03. The monoisotopic (exact) mass is 224 g/mol. The van der Waals surface area contributed by atoms with Gasteiger partial charge in [-0.2, -0.15) is 0 Å². The Kier molecular flexibility index (Phi) is 5.39. The van der Waals surface area contributed by atoms with Gasteiger partial charge in [-0.1, -0.05) is 12.5 Å². The van der Waals surface area contributed by atoms with Gasteiger partial charge >= 0.3 is 0 Å². The van der Waals surface area contributed by atoms with Crippen LogP contribution in [-0.4, -0.2) is 24.8 Å². The first kappa shape index (κ1) is 13.1. The molecule has 0 heterocycles. The molecular weight excluding hydrogens is 204 g/mol. The van der Waals surface area contributed by atoms with Crippen molar-refractivity contribution >= 4 is 11.6 Å². The molecular formula is C13H20O3. The van der Waals surface area contributed by atoms with Crippen molar-refractivity contribution in [2.75, 3.05) is 7.11 Å². The van der Waals surface area contributed by atoms with Crippen LogP contribution in [0.3, 0.4) is 0 Å². The number of hydrogen-bond acceptors (Lipinski definition) is 3. The molecule has 0 unspecified atom stereocenters. The summed E-state index contributed by atoms with van der Waals surface area (Å²) in [6.45, 7) is 1.62. The van der Waals surface area contributed by atoms with E-state index in [0.717, 1.165) is 19.3 Å². The molecule has 0 aliphatic heterocycles. The van der Waals surface area contributed by atoms with E-state index in [-0.39, 0.29) is 17.7 Å². The highest BCUT2D eigenvalue weighted by atomic mass is 16.5. The number of ether oxygens (including phenoxy) is 1.